The minimum atomic E-state index is -3.10. The molecule has 0 spiro atoms. The number of guanidine groups is 1. The molecule has 3 rings (SSSR count). The zero-order valence-corrected chi connectivity index (χ0v) is 21.7. The smallest absolute Gasteiger partial charge is 0.193 e. The number of rotatable bonds is 4. The highest BCUT2D eigenvalue weighted by atomic mass is 127. The number of nitrogens with zero attached hydrogens (tertiary/aromatic N) is 3. The number of halogens is 2. The molecule has 0 amide bonds. The number of benzene rings is 1. The summed E-state index contributed by atoms with van der Waals surface area (Å²) in [6.07, 6.45) is 0. The summed E-state index contributed by atoms with van der Waals surface area (Å²) in [6.45, 7) is 8.13. The topological polar surface area (TPSA) is 74.2 Å². The van der Waals surface area contributed by atoms with Crippen LogP contribution in [0.4, 0.5) is 0 Å². The molecule has 2 saturated heterocycles. The van der Waals surface area contributed by atoms with Crippen LogP contribution in [-0.2, 0) is 14.6 Å². The van der Waals surface area contributed by atoms with Crippen molar-refractivity contribution in [1.82, 2.24) is 15.1 Å². The monoisotopic (exact) mass is 570 g/mol. The molecule has 0 aliphatic carbocycles. The van der Waals surface area contributed by atoms with Crippen molar-refractivity contribution in [3.63, 3.8) is 0 Å². The molecular formula is C20H32ClIN4O3S. The fourth-order valence-corrected chi connectivity index (χ4v) is 5.54. The quantitative estimate of drug-likeness (QED) is 0.341. The lowest BCUT2D eigenvalue weighted by atomic mass is 10.0. The highest BCUT2D eigenvalue weighted by molar-refractivity contribution is 14.0. The maximum absolute atomic E-state index is 12.3. The van der Waals surface area contributed by atoms with E-state index in [1.807, 2.05) is 23.1 Å². The number of morpholine rings is 1. The third kappa shape index (κ3) is 5.79. The number of nitrogens with one attached hydrogen (secondary N) is 1. The van der Waals surface area contributed by atoms with E-state index in [1.54, 1.807) is 20.9 Å². The Bertz CT molecular complexity index is 844. The number of aliphatic imine (C=N–C) groups is 1. The van der Waals surface area contributed by atoms with Gasteiger partial charge in [-0.3, -0.25) is 9.89 Å². The van der Waals surface area contributed by atoms with Gasteiger partial charge in [-0.2, -0.15) is 0 Å². The molecule has 0 radical (unpaired) electrons. The number of sulfone groups is 1. The molecule has 2 aliphatic heterocycles. The van der Waals surface area contributed by atoms with Gasteiger partial charge in [-0.05, 0) is 25.5 Å². The van der Waals surface area contributed by atoms with E-state index >= 15 is 0 Å². The molecule has 0 bridgehead atoms. The van der Waals surface area contributed by atoms with Gasteiger partial charge in [-0.25, -0.2) is 8.42 Å². The molecule has 1 N–H and O–H groups in total. The van der Waals surface area contributed by atoms with E-state index in [9.17, 15) is 8.42 Å². The molecule has 10 heteroatoms. The molecule has 0 aromatic heterocycles. The molecule has 1 aromatic carbocycles. The normalized spacial score (nSPS) is 22.8. The minimum Gasteiger partial charge on any atom is -0.379 e. The third-order valence-corrected chi connectivity index (χ3v) is 8.64. The average molecular weight is 571 g/mol. The van der Waals surface area contributed by atoms with Crippen LogP contribution in [0.5, 0.6) is 0 Å². The van der Waals surface area contributed by atoms with Crippen LogP contribution in [0.15, 0.2) is 29.3 Å². The Balaban J connectivity index is 0.00000320. The Hall–Kier alpha value is -0.620. The molecule has 0 saturated carbocycles. The first-order valence-electron chi connectivity index (χ1n) is 9.99. The number of hydrogen-bond acceptors (Lipinski definition) is 5. The SMILES string of the molecule is CN=C(NCC(c1ccccc1Cl)N1CCOCC1)N1CCS(=O)(=O)C(C)(C)C1.I. The van der Waals surface area contributed by atoms with Crippen LogP contribution >= 0.6 is 35.6 Å². The van der Waals surface area contributed by atoms with Gasteiger partial charge in [0, 0.05) is 44.8 Å². The molecule has 1 aromatic rings. The molecule has 1 unspecified atom stereocenters. The van der Waals surface area contributed by atoms with Gasteiger partial charge in [0.2, 0.25) is 0 Å². The summed E-state index contributed by atoms with van der Waals surface area (Å²) >= 11 is 6.51. The number of ether oxygens (including phenoxy) is 1. The Labute approximate surface area is 202 Å². The second-order valence-electron chi connectivity index (χ2n) is 8.11. The first-order chi connectivity index (χ1) is 13.7. The second kappa shape index (κ2) is 10.8. The summed E-state index contributed by atoms with van der Waals surface area (Å²) in [5.41, 5.74) is 1.07. The Morgan fingerprint density at radius 2 is 1.93 bits per heavy atom. The van der Waals surface area contributed by atoms with E-state index in [0.29, 0.717) is 32.8 Å². The average Bonchev–Trinajstić information content (AvgIpc) is 2.69. The molecule has 7 nitrogen and oxygen atoms in total. The summed E-state index contributed by atoms with van der Waals surface area (Å²) in [7, 11) is -1.36. The van der Waals surface area contributed by atoms with Crippen LogP contribution in [0, 0.1) is 0 Å². The van der Waals surface area contributed by atoms with Crippen LogP contribution < -0.4 is 5.32 Å². The second-order valence-corrected chi connectivity index (χ2v) is 11.3. The van der Waals surface area contributed by atoms with Crippen LogP contribution in [0.3, 0.4) is 0 Å². The van der Waals surface area contributed by atoms with Gasteiger partial charge in [0.25, 0.3) is 0 Å². The standard InChI is InChI=1S/C20H31ClN4O3S.HI/c1-20(2)15-25(10-13-29(20,26)27)19(22-3)23-14-18(24-8-11-28-12-9-24)16-6-4-5-7-17(16)21;/h4-7,18H,8-15H2,1-3H3,(H,22,23);1H. The van der Waals surface area contributed by atoms with Crippen molar-refractivity contribution in [2.45, 2.75) is 24.6 Å². The van der Waals surface area contributed by atoms with Gasteiger partial charge < -0.3 is 15.0 Å². The molecule has 2 fully saturated rings. The van der Waals surface area contributed by atoms with Crippen molar-refractivity contribution in [2.75, 3.05) is 58.7 Å². The van der Waals surface area contributed by atoms with E-state index in [2.05, 4.69) is 21.3 Å². The summed E-state index contributed by atoms with van der Waals surface area (Å²) in [4.78, 5) is 8.82. The Kier molecular flexibility index (Phi) is 9.23. The Morgan fingerprint density at radius 3 is 2.53 bits per heavy atom. The van der Waals surface area contributed by atoms with E-state index in [4.69, 9.17) is 16.3 Å². The third-order valence-electron chi connectivity index (χ3n) is 5.76. The summed E-state index contributed by atoms with van der Waals surface area (Å²) in [6, 6.07) is 7.98. The van der Waals surface area contributed by atoms with E-state index in [1.165, 1.54) is 0 Å². The maximum Gasteiger partial charge on any atom is 0.193 e. The summed E-state index contributed by atoms with van der Waals surface area (Å²) in [5.74, 6) is 0.858. The van der Waals surface area contributed by atoms with E-state index in [0.717, 1.165) is 29.6 Å². The lowest BCUT2D eigenvalue weighted by Gasteiger charge is -2.40. The van der Waals surface area contributed by atoms with Gasteiger partial charge in [0.05, 0.1) is 29.8 Å². The van der Waals surface area contributed by atoms with Crippen LogP contribution in [0.1, 0.15) is 25.5 Å². The summed E-state index contributed by atoms with van der Waals surface area (Å²) < 4.78 is 29.4. The molecule has 2 heterocycles. The molecule has 2 aliphatic rings. The van der Waals surface area contributed by atoms with Crippen molar-refractivity contribution >= 4 is 51.4 Å². The zero-order valence-electron chi connectivity index (χ0n) is 17.8. The fourth-order valence-electron chi connectivity index (χ4n) is 3.91. The lowest BCUT2D eigenvalue weighted by Crippen LogP contribution is -2.58. The van der Waals surface area contributed by atoms with Crippen molar-refractivity contribution < 1.29 is 13.2 Å². The van der Waals surface area contributed by atoms with Crippen LogP contribution in [0.2, 0.25) is 5.02 Å². The summed E-state index contributed by atoms with van der Waals surface area (Å²) in [5, 5.41) is 4.21. The maximum atomic E-state index is 12.3. The largest absolute Gasteiger partial charge is 0.379 e. The highest BCUT2D eigenvalue weighted by Gasteiger charge is 2.41. The van der Waals surface area contributed by atoms with Gasteiger partial charge in [0.1, 0.15) is 0 Å². The molecule has 30 heavy (non-hydrogen) atoms. The predicted octanol–water partition coefficient (Wildman–Crippen LogP) is 2.42. The van der Waals surface area contributed by atoms with Crippen LogP contribution in [-0.4, -0.2) is 87.7 Å². The van der Waals surface area contributed by atoms with Crippen molar-refractivity contribution in [1.29, 1.82) is 0 Å². The Morgan fingerprint density at radius 1 is 1.27 bits per heavy atom. The van der Waals surface area contributed by atoms with Crippen molar-refractivity contribution in [3.05, 3.63) is 34.9 Å². The van der Waals surface area contributed by atoms with Crippen LogP contribution in [0.25, 0.3) is 0 Å². The van der Waals surface area contributed by atoms with E-state index in [-0.39, 0.29) is 35.8 Å². The number of hydrogen-bond donors (Lipinski definition) is 1. The fraction of sp³-hybridized carbons (Fsp3) is 0.650. The van der Waals surface area contributed by atoms with Gasteiger partial charge in [-0.15, -0.1) is 24.0 Å². The van der Waals surface area contributed by atoms with Gasteiger partial charge in [-0.1, -0.05) is 29.8 Å². The van der Waals surface area contributed by atoms with Gasteiger partial charge in [0.15, 0.2) is 15.8 Å². The first-order valence-corrected chi connectivity index (χ1v) is 12.0. The molecule has 170 valence electrons. The minimum absolute atomic E-state index is 0. The molecular weight excluding hydrogens is 539 g/mol. The first kappa shape index (κ1) is 25.6. The van der Waals surface area contributed by atoms with Gasteiger partial charge >= 0.3 is 0 Å². The van der Waals surface area contributed by atoms with E-state index < -0.39 is 14.6 Å². The lowest BCUT2D eigenvalue weighted by molar-refractivity contribution is 0.0169. The van der Waals surface area contributed by atoms with Crippen molar-refractivity contribution in [2.24, 2.45) is 4.99 Å². The highest BCUT2D eigenvalue weighted by Crippen LogP contribution is 2.28. The molecule has 1 atom stereocenters. The van der Waals surface area contributed by atoms with Crippen molar-refractivity contribution in [3.8, 4) is 0 Å². The predicted molar refractivity (Wildman–Crippen MR) is 133 cm³/mol. The zero-order chi connectivity index (χ0) is 21.1.